The summed E-state index contributed by atoms with van der Waals surface area (Å²) in [6.07, 6.45) is 5.97. The van der Waals surface area contributed by atoms with Gasteiger partial charge in [0.15, 0.2) is 0 Å². The fraction of sp³-hybridized carbons (Fsp3) is 0.923. The Bertz CT molecular complexity index is 470. The van der Waals surface area contributed by atoms with Gasteiger partial charge in [0, 0.05) is 12.0 Å². The van der Waals surface area contributed by atoms with Crippen LogP contribution in [-0.4, -0.2) is 25.6 Å². The monoisotopic (exact) mass is 286 g/mol. The van der Waals surface area contributed by atoms with Crippen molar-refractivity contribution in [1.29, 1.82) is 0 Å². The summed E-state index contributed by atoms with van der Waals surface area (Å²) in [7, 11) is -3.48. The molecule has 0 saturated heterocycles. The molecule has 3 N–H and O–H groups in total. The number of hydrogen-bond donors (Lipinski definition) is 2. The van der Waals surface area contributed by atoms with E-state index in [9.17, 15) is 13.2 Å². The molecule has 19 heavy (non-hydrogen) atoms. The van der Waals surface area contributed by atoms with Crippen LogP contribution in [0, 0.1) is 17.8 Å². The Hall–Kier alpha value is -0.620. The van der Waals surface area contributed by atoms with Crippen molar-refractivity contribution in [3.63, 3.8) is 0 Å². The van der Waals surface area contributed by atoms with E-state index >= 15 is 0 Å². The van der Waals surface area contributed by atoms with Gasteiger partial charge in [0.25, 0.3) is 0 Å². The van der Waals surface area contributed by atoms with Crippen LogP contribution < -0.4 is 10.5 Å². The van der Waals surface area contributed by atoms with Crippen LogP contribution in [0.25, 0.3) is 0 Å². The molecule has 5 nitrogen and oxygen atoms in total. The zero-order chi connectivity index (χ0) is 13.6. The number of nitrogens with two attached hydrogens (primary N) is 1. The average molecular weight is 286 g/mol. The Balaban J connectivity index is 1.62. The predicted molar refractivity (Wildman–Crippen MR) is 71.6 cm³/mol. The summed E-state index contributed by atoms with van der Waals surface area (Å²) < 4.78 is 26.7. The number of carbonyl (C=O) groups excluding carboxylic acids is 1. The molecular weight excluding hydrogens is 264 g/mol. The quantitative estimate of drug-likeness (QED) is 0.801. The first-order valence-corrected chi connectivity index (χ1v) is 8.85. The zero-order valence-corrected chi connectivity index (χ0v) is 11.9. The van der Waals surface area contributed by atoms with Gasteiger partial charge in [-0.2, -0.15) is 0 Å². The maximum Gasteiger partial charge on any atom is 0.237 e. The van der Waals surface area contributed by atoms with Gasteiger partial charge in [-0.15, -0.1) is 0 Å². The van der Waals surface area contributed by atoms with Crippen molar-refractivity contribution < 1.29 is 13.2 Å². The largest absolute Gasteiger partial charge is 0.327 e. The fourth-order valence-electron chi connectivity index (χ4n) is 3.81. The Labute approximate surface area is 114 Å². The predicted octanol–water partition coefficient (Wildman–Crippen LogP) is 0.748. The fourth-order valence-corrected chi connectivity index (χ4v) is 5.36. The average Bonchev–Trinajstić information content (AvgIpc) is 3.10. The van der Waals surface area contributed by atoms with Gasteiger partial charge < -0.3 is 5.73 Å². The van der Waals surface area contributed by atoms with Crippen molar-refractivity contribution >= 4 is 15.9 Å². The number of carbonyl (C=O) groups is 1. The van der Waals surface area contributed by atoms with E-state index in [0.29, 0.717) is 31.1 Å². The van der Waals surface area contributed by atoms with E-state index in [1.807, 2.05) is 0 Å². The van der Waals surface area contributed by atoms with Crippen LogP contribution in [0.2, 0.25) is 0 Å². The molecule has 3 rings (SSSR count). The highest BCUT2D eigenvalue weighted by Gasteiger charge is 2.55. The van der Waals surface area contributed by atoms with Crippen LogP contribution in [0.1, 0.15) is 44.9 Å². The maximum absolute atomic E-state index is 12.2. The molecule has 0 heterocycles. The van der Waals surface area contributed by atoms with E-state index in [-0.39, 0.29) is 23.1 Å². The molecule has 3 aliphatic rings. The molecule has 0 aromatic carbocycles. The molecule has 0 bridgehead atoms. The highest BCUT2D eigenvalue weighted by atomic mass is 32.2. The van der Waals surface area contributed by atoms with Crippen LogP contribution in [0.15, 0.2) is 0 Å². The van der Waals surface area contributed by atoms with Crippen LogP contribution >= 0.6 is 0 Å². The summed E-state index contributed by atoms with van der Waals surface area (Å²) in [5.74, 6) is 0.286. The summed E-state index contributed by atoms with van der Waals surface area (Å²) in [6.45, 7) is 0. The lowest BCUT2D eigenvalue weighted by atomic mass is 10.0. The second kappa shape index (κ2) is 4.74. The van der Waals surface area contributed by atoms with Gasteiger partial charge in [-0.05, 0) is 37.5 Å². The third-order valence-electron chi connectivity index (χ3n) is 5.05. The lowest BCUT2D eigenvalue weighted by Crippen LogP contribution is -2.42. The third-order valence-corrected chi connectivity index (χ3v) is 6.89. The molecule has 0 unspecified atom stereocenters. The Morgan fingerprint density at radius 1 is 1.05 bits per heavy atom. The first-order chi connectivity index (χ1) is 8.99. The minimum Gasteiger partial charge on any atom is -0.327 e. The molecular formula is C13H22N2O3S. The molecule has 1 amide bonds. The topological polar surface area (TPSA) is 89.3 Å². The Morgan fingerprint density at radius 2 is 1.74 bits per heavy atom. The number of fused-ring (bicyclic) bond motifs is 1. The number of hydrogen-bond acceptors (Lipinski definition) is 4. The third kappa shape index (κ3) is 2.52. The molecule has 4 atom stereocenters. The molecule has 6 heteroatoms. The molecule has 3 saturated carbocycles. The second-order valence-electron chi connectivity index (χ2n) is 6.34. The molecule has 0 aromatic heterocycles. The van der Waals surface area contributed by atoms with E-state index in [4.69, 9.17) is 5.73 Å². The molecule has 0 radical (unpaired) electrons. The summed E-state index contributed by atoms with van der Waals surface area (Å²) in [4.78, 5) is 12.1. The SMILES string of the molecule is N[C@@H]1C[C@H](C(=O)NS(=O)(=O)C2CCCCC2)[C@H]2C[C@H]21. The Kier molecular flexibility index (Phi) is 3.33. The van der Waals surface area contributed by atoms with Crippen molar-refractivity contribution in [3.8, 4) is 0 Å². The standard InChI is InChI=1S/C13H22N2O3S/c14-12-7-11(9-6-10(9)12)13(16)15-19(17,18)8-4-2-1-3-5-8/h8-12H,1-7,14H2,(H,15,16)/t9-,10+,11-,12+/m0/s1. The molecule has 0 spiro atoms. The minimum atomic E-state index is -3.48. The highest BCUT2D eigenvalue weighted by molar-refractivity contribution is 7.90. The van der Waals surface area contributed by atoms with Crippen LogP contribution in [0.4, 0.5) is 0 Å². The van der Waals surface area contributed by atoms with Crippen molar-refractivity contribution in [2.45, 2.75) is 56.2 Å². The van der Waals surface area contributed by atoms with Gasteiger partial charge in [-0.25, -0.2) is 8.42 Å². The Morgan fingerprint density at radius 3 is 2.26 bits per heavy atom. The lowest BCUT2D eigenvalue weighted by molar-refractivity contribution is -0.123. The van der Waals surface area contributed by atoms with Gasteiger partial charge in [0.2, 0.25) is 15.9 Å². The van der Waals surface area contributed by atoms with Crippen LogP contribution in [0.5, 0.6) is 0 Å². The summed E-state index contributed by atoms with van der Waals surface area (Å²) in [5.41, 5.74) is 5.93. The first-order valence-electron chi connectivity index (χ1n) is 7.30. The number of nitrogens with one attached hydrogen (secondary N) is 1. The molecule has 3 aliphatic carbocycles. The van der Waals surface area contributed by atoms with Crippen molar-refractivity contribution in [2.24, 2.45) is 23.5 Å². The van der Waals surface area contributed by atoms with E-state index in [1.165, 1.54) is 0 Å². The van der Waals surface area contributed by atoms with E-state index in [0.717, 1.165) is 25.7 Å². The molecule has 0 aliphatic heterocycles. The summed E-state index contributed by atoms with van der Waals surface area (Å²) in [6, 6.07) is 0.0816. The number of amides is 1. The van der Waals surface area contributed by atoms with Crippen LogP contribution in [-0.2, 0) is 14.8 Å². The van der Waals surface area contributed by atoms with E-state index < -0.39 is 10.0 Å². The van der Waals surface area contributed by atoms with Gasteiger partial charge >= 0.3 is 0 Å². The zero-order valence-electron chi connectivity index (χ0n) is 11.0. The van der Waals surface area contributed by atoms with E-state index in [2.05, 4.69) is 4.72 Å². The smallest absolute Gasteiger partial charge is 0.237 e. The molecule has 3 fully saturated rings. The second-order valence-corrected chi connectivity index (χ2v) is 8.30. The number of sulfonamides is 1. The van der Waals surface area contributed by atoms with Gasteiger partial charge in [0.1, 0.15) is 0 Å². The van der Waals surface area contributed by atoms with Crippen LogP contribution in [0.3, 0.4) is 0 Å². The number of rotatable bonds is 3. The highest BCUT2D eigenvalue weighted by Crippen LogP contribution is 2.54. The molecule has 0 aromatic rings. The minimum absolute atomic E-state index is 0.0816. The first kappa shape index (κ1) is 13.4. The summed E-state index contributed by atoms with van der Waals surface area (Å²) >= 11 is 0. The lowest BCUT2D eigenvalue weighted by Gasteiger charge is -2.23. The summed E-state index contributed by atoms with van der Waals surface area (Å²) in [5, 5.41) is -0.379. The van der Waals surface area contributed by atoms with Gasteiger partial charge in [0.05, 0.1) is 5.25 Å². The normalized spacial score (nSPS) is 38.8. The van der Waals surface area contributed by atoms with Crippen molar-refractivity contribution in [3.05, 3.63) is 0 Å². The van der Waals surface area contributed by atoms with Crippen molar-refractivity contribution in [1.82, 2.24) is 4.72 Å². The van der Waals surface area contributed by atoms with Gasteiger partial charge in [-0.1, -0.05) is 19.3 Å². The van der Waals surface area contributed by atoms with Gasteiger partial charge in [-0.3, -0.25) is 9.52 Å². The molecule has 108 valence electrons. The van der Waals surface area contributed by atoms with Crippen molar-refractivity contribution in [2.75, 3.05) is 0 Å². The van der Waals surface area contributed by atoms with E-state index in [1.54, 1.807) is 0 Å². The maximum atomic E-state index is 12.2.